The number of hydrogen-bond acceptors (Lipinski definition) is 3. The largest absolute Gasteiger partial charge is 0.496 e. The minimum atomic E-state index is 0. The average Bonchev–Trinajstić information content (AvgIpc) is 2.47. The Morgan fingerprint density at radius 1 is 1.52 bits per heavy atom. The first kappa shape index (κ1) is 18.1. The van der Waals surface area contributed by atoms with Gasteiger partial charge < -0.3 is 15.0 Å². The lowest BCUT2D eigenvalue weighted by atomic mass is 9.97. The number of halogens is 2. The van der Waals surface area contributed by atoms with E-state index in [4.69, 9.17) is 16.3 Å². The van der Waals surface area contributed by atoms with Crippen molar-refractivity contribution < 1.29 is 9.53 Å². The van der Waals surface area contributed by atoms with Gasteiger partial charge in [0.05, 0.1) is 12.7 Å². The second kappa shape index (κ2) is 8.47. The summed E-state index contributed by atoms with van der Waals surface area (Å²) in [7, 11) is 3.51. The summed E-state index contributed by atoms with van der Waals surface area (Å²) in [6.07, 6.45) is 2.21. The molecule has 1 saturated heterocycles. The highest BCUT2D eigenvalue weighted by Gasteiger charge is 2.26. The van der Waals surface area contributed by atoms with Gasteiger partial charge in [-0.05, 0) is 50.6 Å². The summed E-state index contributed by atoms with van der Waals surface area (Å²) in [5.74, 6) is 1.10. The molecular weight excluding hydrogens is 311 g/mol. The third-order valence-electron chi connectivity index (χ3n) is 3.69. The minimum Gasteiger partial charge on any atom is -0.496 e. The molecule has 0 radical (unpaired) electrons. The van der Waals surface area contributed by atoms with Gasteiger partial charge in [-0.3, -0.25) is 4.79 Å². The highest BCUT2D eigenvalue weighted by Crippen LogP contribution is 2.26. The fraction of sp³-hybridized carbons (Fsp3) is 0.533. The molecule has 1 amide bonds. The van der Waals surface area contributed by atoms with E-state index in [1.165, 1.54) is 0 Å². The number of amides is 1. The number of piperidine rings is 1. The molecule has 0 aromatic heterocycles. The van der Waals surface area contributed by atoms with E-state index in [-0.39, 0.29) is 18.3 Å². The molecule has 6 heteroatoms. The quantitative estimate of drug-likeness (QED) is 0.921. The molecule has 4 nitrogen and oxygen atoms in total. The Hall–Kier alpha value is -0.970. The molecule has 1 aliphatic rings. The highest BCUT2D eigenvalue weighted by atomic mass is 35.5. The standard InChI is InChI=1S/C15H21ClN2O2.ClH/c1-17-9-11-4-3-7-18(10-11)15(19)13-8-12(16)5-6-14(13)20-2;/h5-6,8,11,17H,3-4,7,9-10H2,1-2H3;1H. The fourth-order valence-electron chi connectivity index (χ4n) is 2.72. The van der Waals surface area contributed by atoms with E-state index in [1.807, 2.05) is 11.9 Å². The first-order valence-corrected chi connectivity index (χ1v) is 7.31. The third kappa shape index (κ3) is 4.50. The van der Waals surface area contributed by atoms with Crippen LogP contribution in [0.4, 0.5) is 0 Å². The van der Waals surface area contributed by atoms with Gasteiger partial charge in [0.2, 0.25) is 0 Å². The van der Waals surface area contributed by atoms with E-state index < -0.39 is 0 Å². The molecule has 1 aliphatic heterocycles. The van der Waals surface area contributed by atoms with Crippen LogP contribution in [0.25, 0.3) is 0 Å². The highest BCUT2D eigenvalue weighted by molar-refractivity contribution is 6.31. The van der Waals surface area contributed by atoms with Crippen molar-refractivity contribution in [3.63, 3.8) is 0 Å². The lowest BCUT2D eigenvalue weighted by molar-refractivity contribution is 0.0671. The van der Waals surface area contributed by atoms with Gasteiger partial charge in [0.15, 0.2) is 0 Å². The van der Waals surface area contributed by atoms with Crippen molar-refractivity contribution in [3.8, 4) is 5.75 Å². The summed E-state index contributed by atoms with van der Waals surface area (Å²) in [5.41, 5.74) is 0.546. The zero-order valence-corrected chi connectivity index (χ0v) is 14.0. The van der Waals surface area contributed by atoms with Crippen molar-refractivity contribution in [2.45, 2.75) is 12.8 Å². The molecule has 1 aromatic rings. The number of benzene rings is 1. The van der Waals surface area contributed by atoms with Crippen LogP contribution in [0.5, 0.6) is 5.75 Å². The van der Waals surface area contributed by atoms with Crippen LogP contribution in [0, 0.1) is 5.92 Å². The number of carbonyl (C=O) groups excluding carboxylic acids is 1. The average molecular weight is 333 g/mol. The minimum absolute atomic E-state index is 0. The van der Waals surface area contributed by atoms with Gasteiger partial charge in [-0.2, -0.15) is 0 Å². The monoisotopic (exact) mass is 332 g/mol. The molecule has 0 aliphatic carbocycles. The maximum Gasteiger partial charge on any atom is 0.257 e. The number of carbonyl (C=O) groups is 1. The zero-order chi connectivity index (χ0) is 14.5. The Labute approximate surface area is 137 Å². The smallest absolute Gasteiger partial charge is 0.257 e. The van der Waals surface area contributed by atoms with Gasteiger partial charge in [0.1, 0.15) is 5.75 Å². The van der Waals surface area contributed by atoms with Crippen LogP contribution in [0.3, 0.4) is 0 Å². The number of rotatable bonds is 4. The molecule has 1 aromatic carbocycles. The summed E-state index contributed by atoms with van der Waals surface area (Å²) < 4.78 is 5.27. The molecule has 1 atom stereocenters. The Kier molecular flexibility index (Phi) is 7.29. The van der Waals surface area contributed by atoms with Crippen LogP contribution >= 0.6 is 24.0 Å². The molecule has 2 rings (SSSR count). The van der Waals surface area contributed by atoms with Crippen LogP contribution in [0.1, 0.15) is 23.2 Å². The number of nitrogens with one attached hydrogen (secondary N) is 1. The molecule has 1 N–H and O–H groups in total. The summed E-state index contributed by atoms with van der Waals surface area (Å²) in [6.45, 7) is 2.53. The molecule has 21 heavy (non-hydrogen) atoms. The van der Waals surface area contributed by atoms with Crippen molar-refractivity contribution in [1.29, 1.82) is 0 Å². The van der Waals surface area contributed by atoms with Gasteiger partial charge >= 0.3 is 0 Å². The van der Waals surface area contributed by atoms with Gasteiger partial charge in [-0.1, -0.05) is 11.6 Å². The number of methoxy groups -OCH3 is 1. The van der Waals surface area contributed by atoms with Crippen LogP contribution in [0.15, 0.2) is 18.2 Å². The van der Waals surface area contributed by atoms with Crippen LogP contribution in [-0.4, -0.2) is 44.6 Å². The first-order valence-electron chi connectivity index (χ1n) is 6.93. The van der Waals surface area contributed by atoms with Crippen molar-refractivity contribution in [2.24, 2.45) is 5.92 Å². The summed E-state index contributed by atoms with van der Waals surface area (Å²) >= 11 is 6.00. The second-order valence-corrected chi connectivity index (χ2v) is 5.60. The number of hydrogen-bond donors (Lipinski definition) is 1. The molecule has 0 saturated carbocycles. The Bertz CT molecular complexity index is 481. The van der Waals surface area contributed by atoms with E-state index >= 15 is 0 Å². The van der Waals surface area contributed by atoms with E-state index in [0.29, 0.717) is 22.3 Å². The topological polar surface area (TPSA) is 41.6 Å². The molecular formula is C15H22Cl2N2O2. The molecule has 0 bridgehead atoms. The van der Waals surface area contributed by atoms with Crippen molar-refractivity contribution in [2.75, 3.05) is 33.8 Å². The molecule has 118 valence electrons. The van der Waals surface area contributed by atoms with Gasteiger partial charge in [0, 0.05) is 18.1 Å². The normalized spacial score (nSPS) is 18.0. The van der Waals surface area contributed by atoms with E-state index in [9.17, 15) is 4.79 Å². The van der Waals surface area contributed by atoms with Crippen LogP contribution in [0.2, 0.25) is 5.02 Å². The summed E-state index contributed by atoms with van der Waals surface area (Å²) in [6, 6.07) is 5.16. The van der Waals surface area contributed by atoms with Crippen molar-refractivity contribution in [3.05, 3.63) is 28.8 Å². The lowest BCUT2D eigenvalue weighted by Crippen LogP contribution is -2.42. The number of nitrogens with zero attached hydrogens (tertiary/aromatic N) is 1. The second-order valence-electron chi connectivity index (χ2n) is 5.16. The summed E-state index contributed by atoms with van der Waals surface area (Å²) in [5, 5.41) is 3.74. The van der Waals surface area contributed by atoms with Gasteiger partial charge in [-0.15, -0.1) is 12.4 Å². The lowest BCUT2D eigenvalue weighted by Gasteiger charge is -2.33. The fourth-order valence-corrected chi connectivity index (χ4v) is 2.89. The van der Waals surface area contributed by atoms with E-state index in [1.54, 1.807) is 25.3 Å². The maximum atomic E-state index is 12.6. The Morgan fingerprint density at radius 3 is 2.95 bits per heavy atom. The van der Waals surface area contributed by atoms with Crippen molar-refractivity contribution >= 4 is 29.9 Å². The number of likely N-dealkylation sites (tertiary alicyclic amines) is 1. The molecule has 0 spiro atoms. The van der Waals surface area contributed by atoms with E-state index in [2.05, 4.69) is 5.32 Å². The molecule has 1 unspecified atom stereocenters. The van der Waals surface area contributed by atoms with Crippen LogP contribution in [-0.2, 0) is 0 Å². The Morgan fingerprint density at radius 2 is 2.29 bits per heavy atom. The first-order chi connectivity index (χ1) is 9.65. The Balaban J connectivity index is 0.00000220. The van der Waals surface area contributed by atoms with Crippen LogP contribution < -0.4 is 10.1 Å². The van der Waals surface area contributed by atoms with Gasteiger partial charge in [0.25, 0.3) is 5.91 Å². The van der Waals surface area contributed by atoms with Gasteiger partial charge in [-0.25, -0.2) is 0 Å². The zero-order valence-electron chi connectivity index (χ0n) is 12.4. The maximum absolute atomic E-state index is 12.6. The summed E-state index contributed by atoms with van der Waals surface area (Å²) in [4.78, 5) is 14.6. The number of ether oxygens (including phenoxy) is 1. The molecule has 1 fully saturated rings. The predicted octanol–water partition coefficient (Wildman–Crippen LogP) is 2.84. The SMILES string of the molecule is CNCC1CCCN(C(=O)c2cc(Cl)ccc2OC)C1.Cl. The molecule has 1 heterocycles. The third-order valence-corrected chi connectivity index (χ3v) is 3.93. The predicted molar refractivity (Wildman–Crippen MR) is 87.8 cm³/mol. The van der Waals surface area contributed by atoms with E-state index in [0.717, 1.165) is 32.5 Å². The van der Waals surface area contributed by atoms with Crippen molar-refractivity contribution in [1.82, 2.24) is 10.2 Å².